The van der Waals surface area contributed by atoms with Crippen LogP contribution in [0.2, 0.25) is 5.02 Å². The van der Waals surface area contributed by atoms with Crippen molar-refractivity contribution in [1.29, 1.82) is 0 Å². The van der Waals surface area contributed by atoms with Crippen molar-refractivity contribution >= 4 is 11.6 Å². The van der Waals surface area contributed by atoms with Crippen molar-refractivity contribution in [2.75, 3.05) is 0 Å². The minimum atomic E-state index is -2.72. The van der Waals surface area contributed by atoms with Crippen LogP contribution in [-0.4, -0.2) is 6.43 Å². The zero-order valence-corrected chi connectivity index (χ0v) is 8.24. The quantitative estimate of drug-likeness (QED) is 0.638. The van der Waals surface area contributed by atoms with Crippen molar-refractivity contribution in [3.8, 4) is 0 Å². The second-order valence-electron chi connectivity index (χ2n) is 2.99. The van der Waals surface area contributed by atoms with Gasteiger partial charge in [-0.2, -0.15) is 0 Å². The van der Waals surface area contributed by atoms with Crippen molar-refractivity contribution in [1.82, 2.24) is 0 Å². The Morgan fingerprint density at radius 2 is 1.87 bits per heavy atom. The minimum absolute atomic E-state index is 0.337. The third-order valence-corrected chi connectivity index (χ3v) is 2.17. The molecule has 0 radical (unpaired) electrons. The van der Waals surface area contributed by atoms with E-state index in [9.17, 15) is 17.6 Å². The average molecular weight is 242 g/mol. The molecule has 0 heterocycles. The van der Waals surface area contributed by atoms with Gasteiger partial charge in [0.1, 0.15) is 11.6 Å². The molecule has 0 bridgehead atoms. The molecule has 1 atom stereocenters. The Hall–Kier alpha value is -0.810. The number of nitrogens with two attached hydrogens (primary N) is 1. The first-order valence-corrected chi connectivity index (χ1v) is 4.48. The molecule has 0 aliphatic carbocycles. The molecular formula is C9H8ClF4N. The molecular weight excluding hydrogens is 234 g/mol. The monoisotopic (exact) mass is 241 g/mol. The first kappa shape index (κ1) is 12.3. The van der Waals surface area contributed by atoms with Gasteiger partial charge in [-0.3, -0.25) is 0 Å². The largest absolute Gasteiger partial charge is 0.324 e. The molecule has 0 aliphatic rings. The lowest BCUT2D eigenvalue weighted by molar-refractivity contribution is 0.127. The Balaban J connectivity index is 3.07. The van der Waals surface area contributed by atoms with Crippen LogP contribution in [0.1, 0.15) is 18.0 Å². The second kappa shape index (κ2) is 4.81. The van der Waals surface area contributed by atoms with Gasteiger partial charge in [0.25, 0.3) is 0 Å². The van der Waals surface area contributed by atoms with E-state index in [1.165, 1.54) is 0 Å². The Morgan fingerprint density at radius 1 is 1.27 bits per heavy atom. The van der Waals surface area contributed by atoms with Gasteiger partial charge in [-0.05, 0) is 12.1 Å². The summed E-state index contributed by atoms with van der Waals surface area (Å²) in [5, 5.41) is -0.337. The van der Waals surface area contributed by atoms with Crippen LogP contribution in [0.3, 0.4) is 0 Å². The summed E-state index contributed by atoms with van der Waals surface area (Å²) >= 11 is 5.38. The van der Waals surface area contributed by atoms with Gasteiger partial charge in [-0.25, -0.2) is 17.6 Å². The molecule has 0 saturated heterocycles. The van der Waals surface area contributed by atoms with Crippen LogP contribution in [0.25, 0.3) is 0 Å². The summed E-state index contributed by atoms with van der Waals surface area (Å²) in [6, 6.07) is 0.500. The highest BCUT2D eigenvalue weighted by molar-refractivity contribution is 6.30. The Kier molecular flexibility index (Phi) is 3.93. The summed E-state index contributed by atoms with van der Waals surface area (Å²) in [5.41, 5.74) is 4.65. The number of hydrogen-bond acceptors (Lipinski definition) is 1. The molecule has 1 aromatic carbocycles. The molecule has 0 aliphatic heterocycles. The molecule has 0 spiro atoms. The van der Waals surface area contributed by atoms with E-state index < -0.39 is 36.1 Å². The number of alkyl halides is 2. The Labute approximate surface area is 88.8 Å². The van der Waals surface area contributed by atoms with Crippen molar-refractivity contribution < 1.29 is 17.6 Å². The van der Waals surface area contributed by atoms with E-state index >= 15 is 0 Å². The first-order valence-electron chi connectivity index (χ1n) is 4.10. The molecule has 2 N–H and O–H groups in total. The summed E-state index contributed by atoms with van der Waals surface area (Å²) in [5.74, 6) is -2.05. The summed E-state index contributed by atoms with van der Waals surface area (Å²) < 4.78 is 50.3. The smallest absolute Gasteiger partial charge is 0.240 e. The zero-order valence-electron chi connectivity index (χ0n) is 7.48. The molecule has 0 unspecified atom stereocenters. The van der Waals surface area contributed by atoms with Gasteiger partial charge in [0.15, 0.2) is 0 Å². The highest BCUT2D eigenvalue weighted by Crippen LogP contribution is 2.28. The van der Waals surface area contributed by atoms with Crippen LogP contribution in [-0.2, 0) is 0 Å². The van der Waals surface area contributed by atoms with Crippen molar-refractivity contribution in [2.24, 2.45) is 5.73 Å². The zero-order chi connectivity index (χ0) is 11.6. The van der Waals surface area contributed by atoms with Crippen molar-refractivity contribution in [3.05, 3.63) is 34.4 Å². The predicted octanol–water partition coefficient (Wildman–Crippen LogP) is 3.27. The third-order valence-electron chi connectivity index (χ3n) is 1.88. The van der Waals surface area contributed by atoms with Crippen LogP contribution < -0.4 is 5.73 Å². The third kappa shape index (κ3) is 2.82. The lowest BCUT2D eigenvalue weighted by Crippen LogP contribution is -2.17. The lowest BCUT2D eigenvalue weighted by atomic mass is 10.0. The Morgan fingerprint density at radius 3 is 2.40 bits per heavy atom. The average Bonchev–Trinajstić information content (AvgIpc) is 2.11. The number of rotatable bonds is 3. The van der Waals surface area contributed by atoms with E-state index in [-0.39, 0.29) is 5.02 Å². The summed E-state index contributed by atoms with van der Waals surface area (Å²) in [7, 11) is 0. The van der Waals surface area contributed by atoms with Gasteiger partial charge in [0, 0.05) is 18.0 Å². The molecule has 1 nitrogen and oxygen atoms in total. The molecule has 0 saturated carbocycles. The van der Waals surface area contributed by atoms with Crippen molar-refractivity contribution in [2.45, 2.75) is 18.9 Å². The molecule has 0 aromatic heterocycles. The summed E-state index contributed by atoms with van der Waals surface area (Å²) in [6.45, 7) is 0. The van der Waals surface area contributed by atoms with E-state index in [0.29, 0.717) is 0 Å². The maximum atomic E-state index is 13.3. The van der Waals surface area contributed by atoms with Gasteiger partial charge in [-0.15, -0.1) is 0 Å². The topological polar surface area (TPSA) is 26.0 Å². The van der Waals surface area contributed by atoms with Gasteiger partial charge in [-0.1, -0.05) is 11.6 Å². The predicted molar refractivity (Wildman–Crippen MR) is 48.9 cm³/mol. The fourth-order valence-electron chi connectivity index (χ4n) is 1.19. The number of halogens is 5. The maximum absolute atomic E-state index is 13.3. The molecule has 1 rings (SSSR count). The molecule has 0 fully saturated rings. The highest BCUT2D eigenvalue weighted by atomic mass is 35.5. The highest BCUT2D eigenvalue weighted by Gasteiger charge is 2.21. The molecule has 6 heteroatoms. The molecule has 15 heavy (non-hydrogen) atoms. The number of benzene rings is 1. The normalized spacial score (nSPS) is 13.3. The van der Waals surface area contributed by atoms with E-state index in [1.54, 1.807) is 0 Å². The molecule has 1 aromatic rings. The van der Waals surface area contributed by atoms with Crippen LogP contribution in [0.15, 0.2) is 12.1 Å². The Bertz CT molecular complexity index is 356. The van der Waals surface area contributed by atoms with E-state index in [4.69, 9.17) is 17.3 Å². The van der Waals surface area contributed by atoms with Crippen LogP contribution in [0.5, 0.6) is 0 Å². The number of hydrogen-bond donors (Lipinski definition) is 1. The van der Waals surface area contributed by atoms with Crippen LogP contribution >= 0.6 is 11.6 Å². The summed E-state index contributed by atoms with van der Waals surface area (Å²) in [6.07, 6.45) is -3.54. The van der Waals surface area contributed by atoms with Crippen LogP contribution in [0.4, 0.5) is 17.6 Å². The molecule has 0 amide bonds. The standard InChI is InChI=1S/C9H8ClF4N/c10-4-1-2-5(11)8(9(4)14)6(15)3-7(12)13/h1-2,6-7H,3,15H2/t6-/m0/s1. The fourth-order valence-corrected chi connectivity index (χ4v) is 1.36. The van der Waals surface area contributed by atoms with E-state index in [1.807, 2.05) is 0 Å². The van der Waals surface area contributed by atoms with E-state index in [0.717, 1.165) is 12.1 Å². The first-order chi connectivity index (χ1) is 6.93. The van der Waals surface area contributed by atoms with Crippen LogP contribution in [0, 0.1) is 11.6 Å². The van der Waals surface area contributed by atoms with Crippen molar-refractivity contribution in [3.63, 3.8) is 0 Å². The second-order valence-corrected chi connectivity index (χ2v) is 3.40. The van der Waals surface area contributed by atoms with Gasteiger partial charge in [0.05, 0.1) is 5.02 Å². The van der Waals surface area contributed by atoms with Gasteiger partial charge in [0.2, 0.25) is 6.43 Å². The van der Waals surface area contributed by atoms with E-state index in [2.05, 4.69) is 0 Å². The fraction of sp³-hybridized carbons (Fsp3) is 0.333. The maximum Gasteiger partial charge on any atom is 0.240 e. The summed E-state index contributed by atoms with van der Waals surface area (Å²) in [4.78, 5) is 0. The SMILES string of the molecule is N[C@@H](CC(F)F)c1c(F)ccc(Cl)c1F. The van der Waals surface area contributed by atoms with Gasteiger partial charge < -0.3 is 5.73 Å². The lowest BCUT2D eigenvalue weighted by Gasteiger charge is -2.13. The molecule has 84 valence electrons. The minimum Gasteiger partial charge on any atom is -0.324 e. The van der Waals surface area contributed by atoms with Gasteiger partial charge >= 0.3 is 0 Å².